The molecule has 0 fully saturated rings. The molecule has 1 atom stereocenters. The van der Waals surface area contributed by atoms with Gasteiger partial charge in [-0.1, -0.05) is 27.7 Å². The Kier molecular flexibility index (Phi) is 7.92. The largest absolute Gasteiger partial charge is 0.376 e. The molecule has 0 aromatic carbocycles. The van der Waals surface area contributed by atoms with Crippen LogP contribution in [0.2, 0.25) is 0 Å². The zero-order chi connectivity index (χ0) is 15.9. The van der Waals surface area contributed by atoms with Gasteiger partial charge in [0.2, 0.25) is 0 Å². The van der Waals surface area contributed by atoms with Crippen LogP contribution in [0.1, 0.15) is 65.1 Å². The van der Waals surface area contributed by atoms with Crippen molar-refractivity contribution >= 4 is 15.9 Å². The Balaban J connectivity index is 3.27. The molecular weight excluding hydrogens is 330 g/mol. The van der Waals surface area contributed by atoms with Crippen molar-refractivity contribution in [3.05, 3.63) is 16.4 Å². The summed E-state index contributed by atoms with van der Waals surface area (Å²) < 4.78 is 9.15. The highest BCUT2D eigenvalue weighted by Gasteiger charge is 2.39. The summed E-state index contributed by atoms with van der Waals surface area (Å²) in [6, 6.07) is 0.140. The zero-order valence-electron chi connectivity index (χ0n) is 14.1. The van der Waals surface area contributed by atoms with Gasteiger partial charge in [0.05, 0.1) is 28.0 Å². The van der Waals surface area contributed by atoms with Crippen molar-refractivity contribution in [2.24, 2.45) is 0 Å². The molecule has 0 radical (unpaired) electrons. The Morgan fingerprint density at radius 2 is 1.95 bits per heavy atom. The maximum atomic E-state index is 5.98. The average Bonchev–Trinajstić information content (AvgIpc) is 2.85. The molecule has 0 amide bonds. The number of ether oxygens (including phenoxy) is 1. The van der Waals surface area contributed by atoms with E-state index in [4.69, 9.17) is 4.74 Å². The molecule has 0 saturated heterocycles. The third-order valence-corrected chi connectivity index (χ3v) is 4.88. The van der Waals surface area contributed by atoms with E-state index in [-0.39, 0.29) is 11.6 Å². The third kappa shape index (κ3) is 4.08. The summed E-state index contributed by atoms with van der Waals surface area (Å²) in [4.78, 5) is 0. The Labute approximate surface area is 137 Å². The molecule has 0 bridgehead atoms. The maximum absolute atomic E-state index is 5.98. The van der Waals surface area contributed by atoms with Crippen LogP contribution in [-0.2, 0) is 11.3 Å². The van der Waals surface area contributed by atoms with Gasteiger partial charge < -0.3 is 10.1 Å². The van der Waals surface area contributed by atoms with E-state index in [1.807, 2.05) is 13.3 Å². The van der Waals surface area contributed by atoms with Crippen LogP contribution in [0.5, 0.6) is 0 Å². The molecule has 1 aromatic rings. The van der Waals surface area contributed by atoms with Crippen molar-refractivity contribution in [3.8, 4) is 0 Å². The number of nitrogens with one attached hydrogen (secondary N) is 1. The smallest absolute Gasteiger partial charge is 0.0882 e. The molecule has 4 nitrogen and oxygen atoms in total. The number of rotatable bonds is 10. The van der Waals surface area contributed by atoms with Crippen LogP contribution in [0.15, 0.2) is 10.7 Å². The SMILES string of the molecule is CCCNC(c1c(Br)cnn1CCC)C(CC)(CC)OC. The fourth-order valence-corrected chi connectivity index (χ4v) is 3.46. The Morgan fingerprint density at radius 3 is 2.43 bits per heavy atom. The highest BCUT2D eigenvalue weighted by Crippen LogP contribution is 2.38. The maximum Gasteiger partial charge on any atom is 0.0882 e. The van der Waals surface area contributed by atoms with Gasteiger partial charge in [-0.15, -0.1) is 0 Å². The summed E-state index contributed by atoms with van der Waals surface area (Å²) >= 11 is 3.68. The van der Waals surface area contributed by atoms with Crippen LogP contribution in [0.25, 0.3) is 0 Å². The highest BCUT2D eigenvalue weighted by atomic mass is 79.9. The van der Waals surface area contributed by atoms with E-state index in [0.29, 0.717) is 0 Å². The van der Waals surface area contributed by atoms with E-state index in [1.165, 1.54) is 5.69 Å². The molecule has 0 spiro atoms. The molecule has 0 aliphatic rings. The molecular formula is C16H30BrN3O. The fourth-order valence-electron chi connectivity index (χ4n) is 2.93. The molecule has 0 aliphatic carbocycles. The minimum Gasteiger partial charge on any atom is -0.376 e. The lowest BCUT2D eigenvalue weighted by Crippen LogP contribution is -2.46. The molecule has 1 aromatic heterocycles. The van der Waals surface area contributed by atoms with Crippen molar-refractivity contribution in [1.82, 2.24) is 15.1 Å². The summed E-state index contributed by atoms with van der Waals surface area (Å²) in [5, 5.41) is 8.21. The molecule has 5 heteroatoms. The first-order valence-corrected chi connectivity index (χ1v) is 8.89. The first kappa shape index (κ1) is 18.7. The van der Waals surface area contributed by atoms with Crippen molar-refractivity contribution in [1.29, 1.82) is 0 Å². The van der Waals surface area contributed by atoms with Gasteiger partial charge in [-0.05, 0) is 48.2 Å². The predicted octanol–water partition coefficient (Wildman–Crippen LogP) is 4.30. The molecule has 0 saturated carbocycles. The van der Waals surface area contributed by atoms with Gasteiger partial charge in [-0.25, -0.2) is 0 Å². The highest BCUT2D eigenvalue weighted by molar-refractivity contribution is 9.10. The van der Waals surface area contributed by atoms with E-state index in [1.54, 1.807) is 0 Å². The second-order valence-electron chi connectivity index (χ2n) is 5.46. The lowest BCUT2D eigenvalue weighted by atomic mass is 9.85. The molecule has 1 unspecified atom stereocenters. The van der Waals surface area contributed by atoms with Crippen molar-refractivity contribution in [2.75, 3.05) is 13.7 Å². The zero-order valence-corrected chi connectivity index (χ0v) is 15.7. The predicted molar refractivity (Wildman–Crippen MR) is 91.6 cm³/mol. The average molecular weight is 360 g/mol. The normalized spacial score (nSPS) is 13.6. The van der Waals surface area contributed by atoms with Gasteiger partial charge in [-0.3, -0.25) is 4.68 Å². The second kappa shape index (κ2) is 8.91. The molecule has 122 valence electrons. The summed E-state index contributed by atoms with van der Waals surface area (Å²) in [5.74, 6) is 0. The van der Waals surface area contributed by atoms with E-state index in [9.17, 15) is 0 Å². The number of methoxy groups -OCH3 is 1. The number of hydrogen-bond acceptors (Lipinski definition) is 3. The van der Waals surface area contributed by atoms with Gasteiger partial charge >= 0.3 is 0 Å². The molecule has 1 heterocycles. The Hall–Kier alpha value is -0.390. The van der Waals surface area contributed by atoms with Crippen LogP contribution in [0, 0.1) is 0 Å². The second-order valence-corrected chi connectivity index (χ2v) is 6.32. The lowest BCUT2D eigenvalue weighted by Gasteiger charge is -2.39. The van der Waals surface area contributed by atoms with Crippen LogP contribution in [0.4, 0.5) is 0 Å². The van der Waals surface area contributed by atoms with Gasteiger partial charge in [0.1, 0.15) is 0 Å². The van der Waals surface area contributed by atoms with E-state index in [2.05, 4.69) is 58.7 Å². The van der Waals surface area contributed by atoms with Crippen molar-refractivity contribution in [2.45, 2.75) is 71.6 Å². The quantitative estimate of drug-likeness (QED) is 0.676. The molecule has 21 heavy (non-hydrogen) atoms. The van der Waals surface area contributed by atoms with E-state index < -0.39 is 0 Å². The summed E-state index contributed by atoms with van der Waals surface area (Å²) in [5.41, 5.74) is 0.999. The fraction of sp³-hybridized carbons (Fsp3) is 0.812. The summed E-state index contributed by atoms with van der Waals surface area (Å²) in [6.45, 7) is 10.7. The first-order valence-electron chi connectivity index (χ1n) is 8.09. The standard InChI is InChI=1S/C16H30BrN3O/c1-6-10-18-15(16(8-3,9-4)21-5)14-13(17)12-19-20(14)11-7-2/h12,15,18H,6-11H2,1-5H3. The number of hydrogen-bond donors (Lipinski definition) is 1. The Bertz CT molecular complexity index is 407. The number of aryl methyl sites for hydroxylation is 1. The monoisotopic (exact) mass is 359 g/mol. The van der Waals surface area contributed by atoms with Crippen LogP contribution in [-0.4, -0.2) is 29.0 Å². The van der Waals surface area contributed by atoms with Crippen LogP contribution < -0.4 is 5.32 Å². The van der Waals surface area contributed by atoms with Gasteiger partial charge in [0.25, 0.3) is 0 Å². The minimum atomic E-state index is -0.205. The van der Waals surface area contributed by atoms with E-state index >= 15 is 0 Å². The van der Waals surface area contributed by atoms with Gasteiger partial charge in [0.15, 0.2) is 0 Å². The molecule has 1 rings (SSSR count). The first-order chi connectivity index (χ1) is 10.1. The third-order valence-electron chi connectivity index (χ3n) is 4.27. The topological polar surface area (TPSA) is 39.1 Å². The van der Waals surface area contributed by atoms with Crippen molar-refractivity contribution in [3.63, 3.8) is 0 Å². The van der Waals surface area contributed by atoms with Crippen LogP contribution in [0.3, 0.4) is 0 Å². The Morgan fingerprint density at radius 1 is 1.29 bits per heavy atom. The lowest BCUT2D eigenvalue weighted by molar-refractivity contribution is -0.0508. The van der Waals surface area contributed by atoms with Gasteiger partial charge in [0, 0.05) is 13.7 Å². The van der Waals surface area contributed by atoms with E-state index in [0.717, 1.165) is 43.2 Å². The number of nitrogens with zero attached hydrogens (tertiary/aromatic N) is 2. The van der Waals surface area contributed by atoms with Crippen LogP contribution >= 0.6 is 15.9 Å². The summed E-state index contributed by atoms with van der Waals surface area (Å²) in [7, 11) is 1.82. The summed E-state index contributed by atoms with van der Waals surface area (Å²) in [6.07, 6.45) is 6.00. The number of halogens is 1. The molecule has 1 N–H and O–H groups in total. The van der Waals surface area contributed by atoms with Gasteiger partial charge in [-0.2, -0.15) is 5.10 Å². The minimum absolute atomic E-state index is 0.140. The number of aromatic nitrogens is 2. The molecule has 0 aliphatic heterocycles. The van der Waals surface area contributed by atoms with Crippen molar-refractivity contribution < 1.29 is 4.74 Å².